The summed E-state index contributed by atoms with van der Waals surface area (Å²) in [5, 5.41) is 3.27. The number of carbonyl (C=O) groups excluding carboxylic acids is 2. The maximum atomic E-state index is 11.7. The van der Waals surface area contributed by atoms with Crippen LogP contribution in [-0.4, -0.2) is 23.5 Å². The van der Waals surface area contributed by atoms with E-state index in [0.29, 0.717) is 5.01 Å². The fourth-order valence-electron chi connectivity index (χ4n) is 1.56. The molecular formula is C10H14N2O4. The Bertz CT molecular complexity index is 327. The normalized spacial score (nSPS) is 24.4. The van der Waals surface area contributed by atoms with Gasteiger partial charge in [0.25, 0.3) is 5.91 Å². The molecule has 0 spiro atoms. The van der Waals surface area contributed by atoms with Crippen molar-refractivity contribution in [1.82, 2.24) is 5.01 Å². The third-order valence-electron chi connectivity index (χ3n) is 2.49. The Morgan fingerprint density at radius 1 is 1.62 bits per heavy atom. The topological polar surface area (TPSA) is 76.0 Å². The molecule has 1 aliphatic heterocycles. The van der Waals surface area contributed by atoms with E-state index < -0.39 is 17.8 Å². The molecule has 0 aromatic carbocycles. The van der Waals surface area contributed by atoms with E-state index in [1.54, 1.807) is 19.9 Å². The molecule has 88 valence electrons. The molecule has 0 aromatic rings. The van der Waals surface area contributed by atoms with Gasteiger partial charge in [0, 0.05) is 6.20 Å². The molecule has 6 heteroatoms. The van der Waals surface area contributed by atoms with E-state index in [1.807, 2.05) is 0 Å². The quantitative estimate of drug-likeness (QED) is 0.533. The Labute approximate surface area is 93.2 Å². The van der Waals surface area contributed by atoms with Crippen LogP contribution in [0.2, 0.25) is 0 Å². The van der Waals surface area contributed by atoms with Crippen molar-refractivity contribution >= 4 is 11.9 Å². The summed E-state index contributed by atoms with van der Waals surface area (Å²) in [4.78, 5) is 33.3. The predicted molar refractivity (Wildman–Crippen MR) is 55.7 cm³/mol. The lowest BCUT2D eigenvalue weighted by Gasteiger charge is -2.25. The highest BCUT2D eigenvalue weighted by Gasteiger charge is 2.33. The Balaban J connectivity index is 2.71. The number of ether oxygens (including phenoxy) is 1. The van der Waals surface area contributed by atoms with Gasteiger partial charge in [0.15, 0.2) is 0 Å². The minimum Gasteiger partial charge on any atom is -0.466 e. The van der Waals surface area contributed by atoms with Gasteiger partial charge in [0.05, 0.1) is 24.2 Å². The summed E-state index contributed by atoms with van der Waals surface area (Å²) in [6.45, 7) is 3.78. The van der Waals surface area contributed by atoms with Gasteiger partial charge < -0.3 is 4.74 Å². The standard InChI is InChI=1S/C10H14N2O4/c1-3-16-9(13)6-8-7(2)4-5-12(11-15)10(8)14/h4-5,7-8H,3,6H2,1-2H3. The zero-order valence-electron chi connectivity index (χ0n) is 9.25. The van der Waals surface area contributed by atoms with Gasteiger partial charge in [-0.25, -0.2) is 0 Å². The molecule has 16 heavy (non-hydrogen) atoms. The zero-order chi connectivity index (χ0) is 12.1. The number of allylic oxidation sites excluding steroid dienone is 1. The Hall–Kier alpha value is -1.72. The SMILES string of the molecule is CCOC(=O)CC1C(=O)N(N=O)C=CC1C. The molecule has 2 unspecified atom stereocenters. The van der Waals surface area contributed by atoms with Crippen LogP contribution in [0, 0.1) is 16.7 Å². The average molecular weight is 226 g/mol. The van der Waals surface area contributed by atoms with Gasteiger partial charge in [-0.05, 0) is 12.8 Å². The molecule has 1 rings (SSSR count). The second-order valence-electron chi connectivity index (χ2n) is 3.58. The van der Waals surface area contributed by atoms with E-state index in [9.17, 15) is 14.5 Å². The largest absolute Gasteiger partial charge is 0.466 e. The summed E-state index contributed by atoms with van der Waals surface area (Å²) in [5.41, 5.74) is 0. The minimum absolute atomic E-state index is 0.0236. The maximum absolute atomic E-state index is 11.7. The van der Waals surface area contributed by atoms with Crippen LogP contribution in [0.4, 0.5) is 0 Å². The molecule has 2 atom stereocenters. The first-order valence-corrected chi connectivity index (χ1v) is 5.10. The number of rotatable bonds is 4. The second-order valence-corrected chi connectivity index (χ2v) is 3.58. The Morgan fingerprint density at radius 3 is 2.88 bits per heavy atom. The molecule has 0 aromatic heterocycles. The molecule has 1 aliphatic rings. The molecular weight excluding hydrogens is 212 g/mol. The molecule has 0 radical (unpaired) electrons. The Morgan fingerprint density at radius 2 is 2.31 bits per heavy atom. The number of nitrogens with zero attached hydrogens (tertiary/aromatic N) is 2. The van der Waals surface area contributed by atoms with Crippen molar-refractivity contribution in [2.24, 2.45) is 17.1 Å². The summed E-state index contributed by atoms with van der Waals surface area (Å²) < 4.78 is 4.77. The highest BCUT2D eigenvalue weighted by molar-refractivity contribution is 5.85. The third kappa shape index (κ3) is 2.65. The van der Waals surface area contributed by atoms with Crippen molar-refractivity contribution in [3.63, 3.8) is 0 Å². The van der Waals surface area contributed by atoms with Crippen LogP contribution in [0.25, 0.3) is 0 Å². The smallest absolute Gasteiger partial charge is 0.306 e. The molecule has 1 heterocycles. The number of esters is 1. The van der Waals surface area contributed by atoms with Crippen molar-refractivity contribution in [3.8, 4) is 0 Å². The average Bonchev–Trinajstić information content (AvgIpc) is 2.25. The third-order valence-corrected chi connectivity index (χ3v) is 2.49. The lowest BCUT2D eigenvalue weighted by molar-refractivity contribution is -0.149. The summed E-state index contributed by atoms with van der Waals surface area (Å²) in [5.74, 6) is -1.57. The molecule has 0 N–H and O–H groups in total. The van der Waals surface area contributed by atoms with Crippen molar-refractivity contribution in [3.05, 3.63) is 17.2 Å². The van der Waals surface area contributed by atoms with E-state index in [-0.39, 0.29) is 18.9 Å². The van der Waals surface area contributed by atoms with Crippen molar-refractivity contribution in [1.29, 1.82) is 0 Å². The van der Waals surface area contributed by atoms with Crippen LogP contribution < -0.4 is 0 Å². The first-order chi connectivity index (χ1) is 7.60. The lowest BCUT2D eigenvalue weighted by Crippen LogP contribution is -2.36. The van der Waals surface area contributed by atoms with E-state index in [0.717, 1.165) is 0 Å². The highest BCUT2D eigenvalue weighted by atomic mass is 16.5. The van der Waals surface area contributed by atoms with Gasteiger partial charge in [0.2, 0.25) is 0 Å². The van der Waals surface area contributed by atoms with Crippen LogP contribution >= 0.6 is 0 Å². The van der Waals surface area contributed by atoms with Crippen molar-refractivity contribution in [2.45, 2.75) is 20.3 Å². The van der Waals surface area contributed by atoms with Crippen molar-refractivity contribution < 1.29 is 14.3 Å². The molecule has 0 saturated carbocycles. The molecule has 1 amide bonds. The number of carbonyl (C=O) groups is 2. The number of amides is 1. The van der Waals surface area contributed by atoms with Crippen LogP contribution in [0.3, 0.4) is 0 Å². The molecule has 0 bridgehead atoms. The summed E-state index contributed by atoms with van der Waals surface area (Å²) in [6.07, 6.45) is 2.97. The monoisotopic (exact) mass is 226 g/mol. The molecule has 0 saturated heterocycles. The molecule has 0 fully saturated rings. The molecule has 6 nitrogen and oxygen atoms in total. The Kier molecular flexibility index (Phi) is 4.16. The number of hydrogen-bond donors (Lipinski definition) is 0. The zero-order valence-corrected chi connectivity index (χ0v) is 9.25. The van der Waals surface area contributed by atoms with Gasteiger partial charge >= 0.3 is 5.97 Å². The first kappa shape index (κ1) is 12.4. The van der Waals surface area contributed by atoms with E-state index in [1.165, 1.54) is 6.20 Å². The van der Waals surface area contributed by atoms with Crippen LogP contribution in [0.5, 0.6) is 0 Å². The summed E-state index contributed by atoms with van der Waals surface area (Å²) in [7, 11) is 0. The fraction of sp³-hybridized carbons (Fsp3) is 0.600. The maximum Gasteiger partial charge on any atom is 0.306 e. The van der Waals surface area contributed by atoms with Crippen molar-refractivity contribution in [2.75, 3.05) is 6.61 Å². The van der Waals surface area contributed by atoms with Gasteiger partial charge in [-0.2, -0.15) is 5.01 Å². The van der Waals surface area contributed by atoms with E-state index in [4.69, 9.17) is 4.74 Å². The lowest BCUT2D eigenvalue weighted by atomic mass is 9.88. The van der Waals surface area contributed by atoms with Gasteiger partial charge in [-0.3, -0.25) is 9.59 Å². The molecule has 0 aliphatic carbocycles. The number of nitroso groups, excluding NO2 is 1. The van der Waals surface area contributed by atoms with E-state index >= 15 is 0 Å². The van der Waals surface area contributed by atoms with E-state index in [2.05, 4.69) is 5.29 Å². The van der Waals surface area contributed by atoms with Crippen LogP contribution in [0.15, 0.2) is 17.6 Å². The summed E-state index contributed by atoms with van der Waals surface area (Å²) in [6, 6.07) is 0. The second kappa shape index (κ2) is 5.39. The van der Waals surface area contributed by atoms with Crippen LogP contribution in [-0.2, 0) is 14.3 Å². The fourth-order valence-corrected chi connectivity index (χ4v) is 1.56. The van der Waals surface area contributed by atoms with Gasteiger partial charge in [-0.15, -0.1) is 4.91 Å². The minimum atomic E-state index is -0.568. The van der Waals surface area contributed by atoms with Crippen LogP contribution in [0.1, 0.15) is 20.3 Å². The van der Waals surface area contributed by atoms with Gasteiger partial charge in [0.1, 0.15) is 0 Å². The number of hydrogen-bond acceptors (Lipinski definition) is 5. The predicted octanol–water partition coefficient (Wildman–Crippen LogP) is 1.23. The summed E-state index contributed by atoms with van der Waals surface area (Å²) >= 11 is 0. The highest BCUT2D eigenvalue weighted by Crippen LogP contribution is 2.25. The van der Waals surface area contributed by atoms with Gasteiger partial charge in [-0.1, -0.05) is 13.0 Å². The first-order valence-electron chi connectivity index (χ1n) is 5.10.